The summed E-state index contributed by atoms with van der Waals surface area (Å²) in [6, 6.07) is 0.0223. The molecule has 0 aromatic rings. The molecule has 0 spiro atoms. The van der Waals surface area contributed by atoms with Crippen LogP contribution in [0.4, 0.5) is 4.79 Å². The molecule has 112 valence electrons. The number of aliphatic hydroxyl groups is 1. The Hall–Kier alpha value is -1.30. The van der Waals surface area contributed by atoms with E-state index in [1.165, 1.54) is 0 Å². The second kappa shape index (κ2) is 5.24. The predicted octanol–water partition coefficient (Wildman–Crippen LogP) is 0.748. The van der Waals surface area contributed by atoms with E-state index in [-0.39, 0.29) is 30.6 Å². The van der Waals surface area contributed by atoms with Crippen molar-refractivity contribution in [2.75, 3.05) is 19.7 Å². The summed E-state index contributed by atoms with van der Waals surface area (Å²) in [5, 5.41) is 18.2. The zero-order valence-electron chi connectivity index (χ0n) is 11.6. The highest BCUT2D eigenvalue weighted by Gasteiger charge is 2.52. The van der Waals surface area contributed by atoms with Gasteiger partial charge in [0.15, 0.2) is 0 Å². The van der Waals surface area contributed by atoms with Gasteiger partial charge in [-0.25, -0.2) is 4.79 Å². The fraction of sp³-hybridized carbons (Fsp3) is 0.857. The molecule has 20 heavy (non-hydrogen) atoms. The number of carbonyl (C=O) groups excluding carboxylic acids is 1. The first kappa shape index (κ1) is 13.7. The molecule has 0 saturated carbocycles. The average Bonchev–Trinajstić information content (AvgIpc) is 3.11. The molecule has 0 aliphatic carbocycles. The SMILES string of the molecule is O=C(O)C1CC2CCC1N2C(=O)N1CCC(CCO)C1. The first-order chi connectivity index (χ1) is 9.61. The van der Waals surface area contributed by atoms with Crippen LogP contribution in [0.15, 0.2) is 0 Å². The normalized spacial score (nSPS) is 35.9. The fourth-order valence-electron chi connectivity index (χ4n) is 4.14. The topological polar surface area (TPSA) is 81.1 Å². The van der Waals surface area contributed by atoms with Crippen molar-refractivity contribution in [1.29, 1.82) is 0 Å². The predicted molar refractivity (Wildman–Crippen MR) is 71.2 cm³/mol. The third-order valence-corrected chi connectivity index (χ3v) is 5.17. The summed E-state index contributed by atoms with van der Waals surface area (Å²) in [6.45, 7) is 1.60. The molecule has 0 radical (unpaired) electrons. The number of rotatable bonds is 3. The molecule has 3 aliphatic heterocycles. The van der Waals surface area contributed by atoms with Crippen LogP contribution in [-0.4, -0.2) is 63.8 Å². The van der Waals surface area contributed by atoms with Gasteiger partial charge in [-0.2, -0.15) is 0 Å². The molecule has 0 aromatic heterocycles. The molecule has 6 heteroatoms. The van der Waals surface area contributed by atoms with Crippen LogP contribution in [0.1, 0.15) is 32.1 Å². The van der Waals surface area contributed by atoms with E-state index < -0.39 is 5.97 Å². The van der Waals surface area contributed by atoms with E-state index in [9.17, 15) is 14.7 Å². The molecule has 2 N–H and O–H groups in total. The fourth-order valence-corrected chi connectivity index (χ4v) is 4.14. The number of hydrogen-bond acceptors (Lipinski definition) is 3. The lowest BCUT2D eigenvalue weighted by molar-refractivity contribution is -0.142. The van der Waals surface area contributed by atoms with Crippen LogP contribution in [0.5, 0.6) is 0 Å². The molecule has 3 saturated heterocycles. The standard InChI is InChI=1S/C14H22N2O4/c17-6-4-9-3-5-15(8-9)14(20)16-10-1-2-12(16)11(7-10)13(18)19/h9-12,17H,1-8H2,(H,18,19). The molecule has 4 unspecified atom stereocenters. The monoisotopic (exact) mass is 282 g/mol. The lowest BCUT2D eigenvalue weighted by Crippen LogP contribution is -2.45. The Morgan fingerprint density at radius 3 is 2.65 bits per heavy atom. The van der Waals surface area contributed by atoms with Gasteiger partial charge >= 0.3 is 12.0 Å². The summed E-state index contributed by atoms with van der Waals surface area (Å²) in [5.74, 6) is -0.761. The highest BCUT2D eigenvalue weighted by Crippen LogP contribution is 2.42. The van der Waals surface area contributed by atoms with Crippen LogP contribution in [0.3, 0.4) is 0 Å². The van der Waals surface area contributed by atoms with Crippen LogP contribution >= 0.6 is 0 Å². The molecule has 6 nitrogen and oxygen atoms in total. The van der Waals surface area contributed by atoms with Crippen LogP contribution in [-0.2, 0) is 4.79 Å². The van der Waals surface area contributed by atoms with Crippen molar-refractivity contribution >= 4 is 12.0 Å². The van der Waals surface area contributed by atoms with E-state index in [4.69, 9.17) is 5.11 Å². The highest BCUT2D eigenvalue weighted by molar-refractivity contribution is 5.79. The molecule has 2 amide bonds. The van der Waals surface area contributed by atoms with Gasteiger partial charge in [-0.05, 0) is 38.0 Å². The molecule has 0 aromatic carbocycles. The molecular weight excluding hydrogens is 260 g/mol. The van der Waals surface area contributed by atoms with Gasteiger partial charge in [0.1, 0.15) is 0 Å². The maximum absolute atomic E-state index is 12.6. The molecule has 3 heterocycles. The minimum Gasteiger partial charge on any atom is -0.481 e. The zero-order valence-corrected chi connectivity index (χ0v) is 11.6. The Morgan fingerprint density at radius 1 is 1.20 bits per heavy atom. The number of likely N-dealkylation sites (tertiary alicyclic amines) is 1. The third kappa shape index (κ3) is 2.16. The largest absolute Gasteiger partial charge is 0.481 e. The Bertz CT molecular complexity index is 414. The minimum absolute atomic E-state index is 0.0155. The van der Waals surface area contributed by atoms with Gasteiger partial charge in [-0.3, -0.25) is 4.79 Å². The number of urea groups is 1. The van der Waals surface area contributed by atoms with Crippen molar-refractivity contribution in [1.82, 2.24) is 9.80 Å². The van der Waals surface area contributed by atoms with Crippen molar-refractivity contribution in [2.24, 2.45) is 11.8 Å². The number of aliphatic hydroxyl groups excluding tert-OH is 1. The van der Waals surface area contributed by atoms with Crippen molar-refractivity contribution in [3.8, 4) is 0 Å². The number of carboxylic acid groups (broad SMARTS) is 1. The van der Waals surface area contributed by atoms with Crippen LogP contribution in [0.2, 0.25) is 0 Å². The van der Waals surface area contributed by atoms with E-state index in [0.29, 0.717) is 18.9 Å². The van der Waals surface area contributed by atoms with Gasteiger partial charge in [-0.15, -0.1) is 0 Å². The second-order valence-corrected chi connectivity index (χ2v) is 6.28. The smallest absolute Gasteiger partial charge is 0.320 e. The molecule has 3 aliphatic rings. The van der Waals surface area contributed by atoms with E-state index in [1.807, 2.05) is 9.80 Å². The summed E-state index contributed by atoms with van der Waals surface area (Å²) in [4.78, 5) is 27.5. The number of fused-ring (bicyclic) bond motifs is 2. The van der Waals surface area contributed by atoms with Crippen LogP contribution in [0, 0.1) is 11.8 Å². The van der Waals surface area contributed by atoms with Gasteiger partial charge in [0, 0.05) is 31.8 Å². The zero-order chi connectivity index (χ0) is 14.3. The van der Waals surface area contributed by atoms with Gasteiger partial charge < -0.3 is 20.0 Å². The lowest BCUT2D eigenvalue weighted by Gasteiger charge is -2.28. The average molecular weight is 282 g/mol. The third-order valence-electron chi connectivity index (χ3n) is 5.17. The number of hydrogen-bond donors (Lipinski definition) is 2. The number of carboxylic acids is 1. The van der Waals surface area contributed by atoms with E-state index in [1.54, 1.807) is 0 Å². The van der Waals surface area contributed by atoms with Crippen molar-refractivity contribution in [3.05, 3.63) is 0 Å². The van der Waals surface area contributed by atoms with E-state index in [2.05, 4.69) is 0 Å². The van der Waals surface area contributed by atoms with Crippen LogP contribution in [0.25, 0.3) is 0 Å². The number of amides is 2. The lowest BCUT2D eigenvalue weighted by atomic mass is 9.89. The quantitative estimate of drug-likeness (QED) is 0.800. The molecule has 3 fully saturated rings. The number of carbonyl (C=O) groups is 2. The minimum atomic E-state index is -0.769. The highest BCUT2D eigenvalue weighted by atomic mass is 16.4. The van der Waals surface area contributed by atoms with Crippen molar-refractivity contribution in [3.63, 3.8) is 0 Å². The summed E-state index contributed by atoms with van der Waals surface area (Å²) in [5.41, 5.74) is 0. The van der Waals surface area contributed by atoms with Crippen molar-refractivity contribution in [2.45, 2.75) is 44.2 Å². The van der Waals surface area contributed by atoms with Gasteiger partial charge in [0.25, 0.3) is 0 Å². The Kier molecular flexibility index (Phi) is 3.58. The Balaban J connectivity index is 1.65. The Labute approximate surface area is 118 Å². The maximum Gasteiger partial charge on any atom is 0.320 e. The first-order valence-corrected chi connectivity index (χ1v) is 7.52. The molecule has 2 bridgehead atoms. The Morgan fingerprint density at radius 2 is 2.00 bits per heavy atom. The number of aliphatic carboxylic acids is 1. The van der Waals surface area contributed by atoms with Gasteiger partial charge in [-0.1, -0.05) is 0 Å². The van der Waals surface area contributed by atoms with E-state index >= 15 is 0 Å². The molecular formula is C14H22N2O4. The summed E-state index contributed by atoms with van der Waals surface area (Å²) in [6.07, 6.45) is 4.06. The van der Waals surface area contributed by atoms with E-state index in [0.717, 1.165) is 32.2 Å². The molecule has 4 atom stereocenters. The van der Waals surface area contributed by atoms with Gasteiger partial charge in [0.05, 0.1) is 5.92 Å². The first-order valence-electron chi connectivity index (χ1n) is 7.52. The summed E-state index contributed by atoms with van der Waals surface area (Å²) >= 11 is 0. The van der Waals surface area contributed by atoms with Crippen molar-refractivity contribution < 1.29 is 19.8 Å². The number of nitrogens with zero attached hydrogens (tertiary/aromatic N) is 2. The van der Waals surface area contributed by atoms with Crippen LogP contribution < -0.4 is 0 Å². The maximum atomic E-state index is 12.6. The summed E-state index contributed by atoms with van der Waals surface area (Å²) < 4.78 is 0. The second-order valence-electron chi connectivity index (χ2n) is 6.28. The summed E-state index contributed by atoms with van der Waals surface area (Å²) in [7, 11) is 0. The van der Waals surface area contributed by atoms with Gasteiger partial charge in [0.2, 0.25) is 0 Å². The molecule has 3 rings (SSSR count).